The number of likely N-dealkylation sites (N-methyl/N-ethyl adjacent to an activating group) is 1. The molecule has 0 spiro atoms. The van der Waals surface area contributed by atoms with Crippen LogP contribution in [0, 0.1) is 0 Å². The van der Waals surface area contributed by atoms with Gasteiger partial charge in [-0.1, -0.05) is 212 Å². The van der Waals surface area contributed by atoms with Crippen molar-refractivity contribution in [3.8, 4) is 0 Å². The van der Waals surface area contributed by atoms with E-state index in [4.69, 9.17) is 14.2 Å². The molecule has 0 aliphatic heterocycles. The maximum atomic E-state index is 12.8. The summed E-state index contributed by atoms with van der Waals surface area (Å²) in [5.41, 5.74) is 0. The van der Waals surface area contributed by atoms with E-state index in [-0.39, 0.29) is 36.2 Å². The molecular formula is C53H100NO7+. The second-order valence-electron chi connectivity index (χ2n) is 18.8. The van der Waals surface area contributed by atoms with E-state index in [2.05, 4.69) is 38.2 Å². The summed E-state index contributed by atoms with van der Waals surface area (Å²) in [5.74, 6) is -1.45. The molecule has 2 unspecified atom stereocenters. The van der Waals surface area contributed by atoms with Crippen LogP contribution in [0.25, 0.3) is 0 Å². The fraction of sp³-hybridized carbons (Fsp3) is 0.868. The first-order valence-corrected chi connectivity index (χ1v) is 25.9. The van der Waals surface area contributed by atoms with Gasteiger partial charge in [-0.05, 0) is 38.5 Å². The highest BCUT2D eigenvalue weighted by Gasteiger charge is 2.31. The smallest absolute Gasteiger partial charge is 0.362 e. The van der Waals surface area contributed by atoms with Gasteiger partial charge in [0.1, 0.15) is 6.61 Å². The Morgan fingerprint density at radius 1 is 0.492 bits per heavy atom. The summed E-state index contributed by atoms with van der Waals surface area (Å²) < 4.78 is 17.4. The fourth-order valence-electron chi connectivity index (χ4n) is 7.85. The molecule has 2 atom stereocenters. The minimum Gasteiger partial charge on any atom is -0.477 e. The van der Waals surface area contributed by atoms with Crippen LogP contribution in [0.15, 0.2) is 24.3 Å². The van der Waals surface area contributed by atoms with Gasteiger partial charge in [-0.15, -0.1) is 0 Å². The molecule has 358 valence electrons. The van der Waals surface area contributed by atoms with Crippen LogP contribution in [-0.4, -0.2) is 80.6 Å². The van der Waals surface area contributed by atoms with Crippen molar-refractivity contribution in [2.24, 2.45) is 0 Å². The Hall–Kier alpha value is -2.19. The Kier molecular flexibility index (Phi) is 42.8. The van der Waals surface area contributed by atoms with Gasteiger partial charge < -0.3 is 23.8 Å². The minimum absolute atomic E-state index is 0.0478. The number of hydrogen-bond donors (Lipinski definition) is 1. The van der Waals surface area contributed by atoms with Gasteiger partial charge in [0.05, 0.1) is 34.4 Å². The van der Waals surface area contributed by atoms with Crippen molar-refractivity contribution in [1.29, 1.82) is 0 Å². The number of rotatable bonds is 47. The zero-order chi connectivity index (χ0) is 44.9. The van der Waals surface area contributed by atoms with Crippen LogP contribution in [-0.2, 0) is 28.6 Å². The number of nitrogens with zero attached hydrogens (tertiary/aromatic N) is 1. The number of ether oxygens (including phenoxy) is 3. The highest BCUT2D eigenvalue weighted by atomic mass is 16.6. The number of carbonyl (C=O) groups is 3. The Balaban J connectivity index is 4.21. The molecule has 0 amide bonds. The van der Waals surface area contributed by atoms with E-state index in [1.807, 2.05) is 21.1 Å². The maximum absolute atomic E-state index is 12.8. The van der Waals surface area contributed by atoms with Crippen molar-refractivity contribution < 1.29 is 38.2 Å². The standard InChI is InChI=1S/C53H99NO7/c1-6-8-10-12-14-16-18-20-22-24-26-28-29-31-33-35-37-39-41-43-51(55)60-48-49(47-59-46-45-50(53(57)58)54(3,4)5)61-52(56)44-42-40-38-36-34-32-30-27-25-23-21-19-17-15-13-11-9-7-2/h14,16,18,20,49-50H,6-13,15,17,19,21-48H2,1-5H3/p+1/b16-14+,20-18+. The van der Waals surface area contributed by atoms with Crippen molar-refractivity contribution in [1.82, 2.24) is 0 Å². The predicted octanol–water partition coefficient (Wildman–Crippen LogP) is 14.8. The van der Waals surface area contributed by atoms with Crippen LogP contribution >= 0.6 is 0 Å². The van der Waals surface area contributed by atoms with Crippen LogP contribution in [0.5, 0.6) is 0 Å². The molecular weight excluding hydrogens is 763 g/mol. The largest absolute Gasteiger partial charge is 0.477 e. The molecule has 0 radical (unpaired) electrons. The van der Waals surface area contributed by atoms with Crippen LogP contribution in [0.3, 0.4) is 0 Å². The first-order chi connectivity index (χ1) is 29.6. The third kappa shape index (κ3) is 42.9. The number of esters is 2. The molecule has 1 N–H and O–H groups in total. The molecule has 0 aromatic heterocycles. The first-order valence-electron chi connectivity index (χ1n) is 25.9. The van der Waals surface area contributed by atoms with Crippen molar-refractivity contribution in [2.75, 3.05) is 41.0 Å². The van der Waals surface area contributed by atoms with Crippen molar-refractivity contribution in [3.05, 3.63) is 24.3 Å². The van der Waals surface area contributed by atoms with Gasteiger partial charge in [0.15, 0.2) is 12.1 Å². The molecule has 61 heavy (non-hydrogen) atoms. The lowest BCUT2D eigenvalue weighted by Gasteiger charge is -2.31. The van der Waals surface area contributed by atoms with Gasteiger partial charge in [0.25, 0.3) is 0 Å². The molecule has 0 aromatic rings. The van der Waals surface area contributed by atoms with Crippen molar-refractivity contribution >= 4 is 17.9 Å². The maximum Gasteiger partial charge on any atom is 0.362 e. The van der Waals surface area contributed by atoms with E-state index < -0.39 is 18.1 Å². The van der Waals surface area contributed by atoms with Gasteiger partial charge in [-0.3, -0.25) is 9.59 Å². The van der Waals surface area contributed by atoms with Crippen LogP contribution in [0.4, 0.5) is 0 Å². The van der Waals surface area contributed by atoms with Crippen molar-refractivity contribution in [2.45, 2.75) is 257 Å². The minimum atomic E-state index is -0.872. The number of carbonyl (C=O) groups excluding carboxylic acids is 2. The quantitative estimate of drug-likeness (QED) is 0.0281. The van der Waals surface area contributed by atoms with Gasteiger partial charge in [0, 0.05) is 19.3 Å². The molecule has 0 fully saturated rings. The Bertz CT molecular complexity index is 1050. The third-order valence-electron chi connectivity index (χ3n) is 11.9. The molecule has 8 heteroatoms. The molecule has 0 heterocycles. The first kappa shape index (κ1) is 58.8. The number of quaternary nitrogens is 1. The van der Waals surface area contributed by atoms with Gasteiger partial charge >= 0.3 is 17.9 Å². The van der Waals surface area contributed by atoms with E-state index in [0.717, 1.165) is 38.5 Å². The number of carboxylic acids is 1. The summed E-state index contributed by atoms with van der Waals surface area (Å²) in [6.45, 7) is 4.75. The summed E-state index contributed by atoms with van der Waals surface area (Å²) >= 11 is 0. The zero-order valence-corrected chi connectivity index (χ0v) is 40.9. The molecule has 0 aliphatic rings. The monoisotopic (exact) mass is 863 g/mol. The van der Waals surface area contributed by atoms with E-state index in [1.54, 1.807) is 0 Å². The van der Waals surface area contributed by atoms with E-state index in [9.17, 15) is 19.5 Å². The summed E-state index contributed by atoms with van der Waals surface area (Å²) in [7, 11) is 5.54. The van der Waals surface area contributed by atoms with Gasteiger partial charge in [-0.25, -0.2) is 4.79 Å². The van der Waals surface area contributed by atoms with E-state index in [0.29, 0.717) is 19.3 Å². The Labute approximate surface area is 377 Å². The molecule has 0 bridgehead atoms. The lowest BCUT2D eigenvalue weighted by Crippen LogP contribution is -2.50. The average molecular weight is 863 g/mol. The van der Waals surface area contributed by atoms with Crippen LogP contribution in [0.1, 0.15) is 245 Å². The normalized spacial score (nSPS) is 13.0. The summed E-state index contributed by atoms with van der Waals surface area (Å²) in [5, 5.41) is 9.65. The second-order valence-corrected chi connectivity index (χ2v) is 18.8. The van der Waals surface area contributed by atoms with Crippen LogP contribution in [0.2, 0.25) is 0 Å². The average Bonchev–Trinajstić information content (AvgIpc) is 3.22. The van der Waals surface area contributed by atoms with E-state index >= 15 is 0 Å². The molecule has 0 aliphatic carbocycles. The molecule has 0 rings (SSSR count). The highest BCUT2D eigenvalue weighted by Crippen LogP contribution is 2.16. The third-order valence-corrected chi connectivity index (χ3v) is 11.9. The summed E-state index contributed by atoms with van der Waals surface area (Å²) in [6, 6.07) is -0.612. The number of hydrogen-bond acceptors (Lipinski definition) is 6. The zero-order valence-electron chi connectivity index (χ0n) is 40.9. The predicted molar refractivity (Wildman–Crippen MR) is 257 cm³/mol. The molecule has 8 nitrogen and oxygen atoms in total. The van der Waals surface area contributed by atoms with Crippen molar-refractivity contribution in [3.63, 3.8) is 0 Å². The fourth-order valence-corrected chi connectivity index (χ4v) is 7.85. The Morgan fingerprint density at radius 2 is 0.852 bits per heavy atom. The number of allylic oxidation sites excluding steroid dienone is 4. The summed E-state index contributed by atoms with van der Waals surface area (Å²) in [6.07, 6.45) is 50.8. The lowest BCUT2D eigenvalue weighted by atomic mass is 10.0. The SMILES string of the molecule is CCCCC/C=C/C=C/CCCCCCCCCCCCC(=O)OCC(COCCC(C(=O)O)[N+](C)(C)C)OC(=O)CCCCCCCCCCCCCCCCCCCC. The second kappa shape index (κ2) is 44.4. The summed E-state index contributed by atoms with van der Waals surface area (Å²) in [4.78, 5) is 37.2. The lowest BCUT2D eigenvalue weighted by molar-refractivity contribution is -0.887. The number of carboxylic acid groups (broad SMARTS) is 1. The highest BCUT2D eigenvalue weighted by molar-refractivity contribution is 5.72. The molecule has 0 saturated heterocycles. The molecule has 0 saturated carbocycles. The van der Waals surface area contributed by atoms with Gasteiger partial charge in [0.2, 0.25) is 0 Å². The topological polar surface area (TPSA) is 99.1 Å². The molecule has 0 aromatic carbocycles. The Morgan fingerprint density at radius 3 is 1.26 bits per heavy atom. The van der Waals surface area contributed by atoms with Crippen LogP contribution < -0.4 is 0 Å². The number of unbranched alkanes of at least 4 members (excludes halogenated alkanes) is 30. The van der Waals surface area contributed by atoms with Gasteiger partial charge in [-0.2, -0.15) is 0 Å². The number of aliphatic carboxylic acids is 1. The van der Waals surface area contributed by atoms with E-state index in [1.165, 1.54) is 173 Å².